The Morgan fingerprint density at radius 3 is 2.53 bits per heavy atom. The highest BCUT2D eigenvalue weighted by atomic mass is 32.1. The summed E-state index contributed by atoms with van der Waals surface area (Å²) < 4.78 is 0. The standard InChI is InChI=1S/C16H19NOS/c18-11-14(12-5-2-1-3-6-12)17-16(13-8-9-13)15-7-4-10-19-15/h1-7,10,13-14,16-18H,8-9,11H2/t14-,16?/m0/s1. The zero-order valence-corrected chi connectivity index (χ0v) is 11.6. The van der Waals surface area contributed by atoms with Crippen LogP contribution in [0.5, 0.6) is 0 Å². The fourth-order valence-electron chi connectivity index (χ4n) is 2.50. The van der Waals surface area contributed by atoms with E-state index in [2.05, 4.69) is 35.0 Å². The zero-order chi connectivity index (χ0) is 13.1. The third-order valence-corrected chi connectivity index (χ3v) is 4.66. The Morgan fingerprint density at radius 2 is 1.95 bits per heavy atom. The fourth-order valence-corrected chi connectivity index (χ4v) is 3.38. The van der Waals surface area contributed by atoms with E-state index in [0.717, 1.165) is 11.5 Å². The Balaban J connectivity index is 1.77. The van der Waals surface area contributed by atoms with Crippen LogP contribution in [0.25, 0.3) is 0 Å². The summed E-state index contributed by atoms with van der Waals surface area (Å²) in [5, 5.41) is 15.4. The van der Waals surface area contributed by atoms with E-state index in [1.165, 1.54) is 17.7 Å². The van der Waals surface area contributed by atoms with Gasteiger partial charge >= 0.3 is 0 Å². The molecule has 0 radical (unpaired) electrons. The number of nitrogens with one attached hydrogen (secondary N) is 1. The largest absolute Gasteiger partial charge is 0.394 e. The second kappa shape index (κ2) is 5.87. The molecule has 3 rings (SSSR count). The molecule has 0 saturated heterocycles. The van der Waals surface area contributed by atoms with Crippen molar-refractivity contribution >= 4 is 11.3 Å². The van der Waals surface area contributed by atoms with E-state index in [1.54, 1.807) is 11.3 Å². The van der Waals surface area contributed by atoms with Crippen molar-refractivity contribution in [3.05, 3.63) is 58.3 Å². The highest BCUT2D eigenvalue weighted by molar-refractivity contribution is 7.10. The minimum Gasteiger partial charge on any atom is -0.394 e. The maximum atomic E-state index is 9.67. The third kappa shape index (κ3) is 3.06. The Labute approximate surface area is 118 Å². The molecule has 0 spiro atoms. The molecule has 100 valence electrons. The monoisotopic (exact) mass is 273 g/mol. The predicted octanol–water partition coefficient (Wildman–Crippen LogP) is 3.52. The number of rotatable bonds is 6. The molecule has 0 bridgehead atoms. The highest BCUT2D eigenvalue weighted by Crippen LogP contribution is 2.43. The van der Waals surface area contributed by atoms with E-state index in [9.17, 15) is 5.11 Å². The summed E-state index contributed by atoms with van der Waals surface area (Å²) in [7, 11) is 0. The summed E-state index contributed by atoms with van der Waals surface area (Å²) in [5.74, 6) is 0.733. The first kappa shape index (κ1) is 12.9. The molecule has 0 aliphatic heterocycles. The molecule has 19 heavy (non-hydrogen) atoms. The first-order valence-electron chi connectivity index (χ1n) is 6.83. The molecule has 1 heterocycles. The van der Waals surface area contributed by atoms with Crippen molar-refractivity contribution in [1.29, 1.82) is 0 Å². The molecule has 2 nitrogen and oxygen atoms in total. The topological polar surface area (TPSA) is 32.3 Å². The van der Waals surface area contributed by atoms with E-state index >= 15 is 0 Å². The van der Waals surface area contributed by atoms with Gasteiger partial charge in [-0.25, -0.2) is 0 Å². The predicted molar refractivity (Wildman–Crippen MR) is 79.2 cm³/mol. The van der Waals surface area contributed by atoms with Gasteiger partial charge in [-0.1, -0.05) is 36.4 Å². The molecule has 2 N–H and O–H groups in total. The summed E-state index contributed by atoms with van der Waals surface area (Å²) in [6, 6.07) is 14.9. The number of benzene rings is 1. The summed E-state index contributed by atoms with van der Waals surface area (Å²) in [4.78, 5) is 1.39. The maximum absolute atomic E-state index is 9.67. The van der Waals surface area contributed by atoms with Crippen LogP contribution in [0.3, 0.4) is 0 Å². The molecule has 1 aromatic heterocycles. The van der Waals surface area contributed by atoms with Crippen LogP contribution < -0.4 is 5.32 Å². The molecule has 2 aromatic rings. The number of aliphatic hydroxyl groups is 1. The van der Waals surface area contributed by atoms with E-state index in [4.69, 9.17) is 0 Å². The molecule has 0 amide bonds. The first-order valence-corrected chi connectivity index (χ1v) is 7.71. The SMILES string of the molecule is OC[C@H](NC(c1cccs1)C1CC1)c1ccccc1. The number of hydrogen-bond acceptors (Lipinski definition) is 3. The van der Waals surface area contributed by atoms with Crippen LogP contribution in [-0.4, -0.2) is 11.7 Å². The van der Waals surface area contributed by atoms with Crippen molar-refractivity contribution in [3.63, 3.8) is 0 Å². The highest BCUT2D eigenvalue weighted by Gasteiger charge is 2.34. The zero-order valence-electron chi connectivity index (χ0n) is 10.8. The Hall–Kier alpha value is -1.16. The van der Waals surface area contributed by atoms with Gasteiger partial charge in [0.25, 0.3) is 0 Å². The smallest absolute Gasteiger partial charge is 0.0626 e. The van der Waals surface area contributed by atoms with E-state index in [1.807, 2.05) is 18.2 Å². The molecular weight excluding hydrogens is 254 g/mol. The Morgan fingerprint density at radius 1 is 1.16 bits per heavy atom. The van der Waals surface area contributed by atoms with Gasteiger partial charge in [0, 0.05) is 10.9 Å². The average Bonchev–Trinajstić information content (AvgIpc) is 3.15. The Bertz CT molecular complexity index is 493. The van der Waals surface area contributed by atoms with E-state index < -0.39 is 0 Å². The van der Waals surface area contributed by atoms with Crippen molar-refractivity contribution in [3.8, 4) is 0 Å². The molecule has 1 aliphatic rings. The first-order chi connectivity index (χ1) is 9.38. The van der Waals surface area contributed by atoms with E-state index in [-0.39, 0.29) is 12.6 Å². The van der Waals surface area contributed by atoms with Crippen molar-refractivity contribution < 1.29 is 5.11 Å². The van der Waals surface area contributed by atoms with Crippen LogP contribution in [0.15, 0.2) is 47.8 Å². The summed E-state index contributed by atoms with van der Waals surface area (Å²) >= 11 is 1.80. The van der Waals surface area contributed by atoms with Gasteiger partial charge in [0.15, 0.2) is 0 Å². The molecule has 1 saturated carbocycles. The lowest BCUT2D eigenvalue weighted by Crippen LogP contribution is -2.29. The normalized spacial score (nSPS) is 18.2. The lowest BCUT2D eigenvalue weighted by molar-refractivity contribution is 0.229. The van der Waals surface area contributed by atoms with Crippen LogP contribution >= 0.6 is 11.3 Å². The summed E-state index contributed by atoms with van der Waals surface area (Å²) in [5.41, 5.74) is 1.16. The van der Waals surface area contributed by atoms with E-state index in [0.29, 0.717) is 6.04 Å². The van der Waals surface area contributed by atoms with Gasteiger partial charge in [-0.05, 0) is 35.8 Å². The lowest BCUT2D eigenvalue weighted by atomic mass is 10.0. The van der Waals surface area contributed by atoms with Crippen LogP contribution in [0.2, 0.25) is 0 Å². The lowest BCUT2D eigenvalue weighted by Gasteiger charge is -2.24. The fraction of sp³-hybridized carbons (Fsp3) is 0.375. The molecule has 1 unspecified atom stereocenters. The molecule has 3 heteroatoms. The van der Waals surface area contributed by atoms with Crippen molar-refractivity contribution in [2.45, 2.75) is 24.9 Å². The molecule has 2 atom stereocenters. The van der Waals surface area contributed by atoms with Crippen LogP contribution in [0.1, 0.15) is 35.4 Å². The quantitative estimate of drug-likeness (QED) is 0.844. The maximum Gasteiger partial charge on any atom is 0.0626 e. The van der Waals surface area contributed by atoms with Gasteiger partial charge in [0.2, 0.25) is 0 Å². The second-order valence-electron chi connectivity index (χ2n) is 5.14. The summed E-state index contributed by atoms with van der Waals surface area (Å²) in [6.45, 7) is 0.138. The van der Waals surface area contributed by atoms with Crippen molar-refractivity contribution in [1.82, 2.24) is 5.32 Å². The van der Waals surface area contributed by atoms with Gasteiger partial charge in [0.1, 0.15) is 0 Å². The molecule has 1 fully saturated rings. The van der Waals surface area contributed by atoms with Gasteiger partial charge in [-0.2, -0.15) is 0 Å². The van der Waals surface area contributed by atoms with Gasteiger partial charge in [0.05, 0.1) is 12.6 Å². The molecular formula is C16H19NOS. The van der Waals surface area contributed by atoms with Crippen molar-refractivity contribution in [2.24, 2.45) is 5.92 Å². The molecule has 1 aromatic carbocycles. The number of hydrogen-bond donors (Lipinski definition) is 2. The minimum atomic E-state index is 0.0221. The van der Waals surface area contributed by atoms with Gasteiger partial charge in [-0.3, -0.25) is 0 Å². The van der Waals surface area contributed by atoms with Crippen LogP contribution in [-0.2, 0) is 0 Å². The van der Waals surface area contributed by atoms with Gasteiger partial charge in [-0.15, -0.1) is 11.3 Å². The van der Waals surface area contributed by atoms with Crippen LogP contribution in [0, 0.1) is 5.92 Å². The van der Waals surface area contributed by atoms with Crippen molar-refractivity contribution in [2.75, 3.05) is 6.61 Å². The second-order valence-corrected chi connectivity index (χ2v) is 6.12. The number of thiophene rings is 1. The minimum absolute atomic E-state index is 0.0221. The third-order valence-electron chi connectivity index (χ3n) is 3.71. The summed E-state index contributed by atoms with van der Waals surface area (Å²) in [6.07, 6.45) is 2.59. The average molecular weight is 273 g/mol. The van der Waals surface area contributed by atoms with Crippen LogP contribution in [0.4, 0.5) is 0 Å². The number of aliphatic hydroxyl groups excluding tert-OH is 1. The van der Waals surface area contributed by atoms with Gasteiger partial charge < -0.3 is 10.4 Å². The molecule has 1 aliphatic carbocycles. The Kier molecular flexibility index (Phi) is 3.97.